The van der Waals surface area contributed by atoms with Gasteiger partial charge in [0.15, 0.2) is 0 Å². The maximum atomic E-state index is 12.2. The molecule has 1 aliphatic rings. The van der Waals surface area contributed by atoms with Crippen LogP contribution in [0.25, 0.3) is 0 Å². The zero-order chi connectivity index (χ0) is 21.4. The third-order valence-electron chi connectivity index (χ3n) is 4.22. The van der Waals surface area contributed by atoms with Crippen LogP contribution in [-0.4, -0.2) is 69.9 Å². The molecule has 9 nitrogen and oxygen atoms in total. The predicted molar refractivity (Wildman–Crippen MR) is 101 cm³/mol. The number of likely N-dealkylation sites (tertiary alicyclic amines) is 1. The fourth-order valence-corrected chi connectivity index (χ4v) is 2.52. The van der Waals surface area contributed by atoms with Gasteiger partial charge in [0.25, 0.3) is 11.8 Å². The van der Waals surface area contributed by atoms with Crippen molar-refractivity contribution in [2.24, 2.45) is 5.92 Å². The molecule has 152 valence electrons. The average molecular weight is 399 g/mol. The number of hydrogen-bond acceptors (Lipinski definition) is 6. The molecule has 1 aromatic rings. The molecule has 9 heteroatoms. The first-order valence-electron chi connectivity index (χ1n) is 8.78. The molecule has 2 rings (SSSR count). The number of nitrogens with zero attached hydrogens (tertiary/aromatic N) is 1. The van der Waals surface area contributed by atoms with Gasteiger partial charge in [-0.15, -0.1) is 0 Å². The van der Waals surface area contributed by atoms with Gasteiger partial charge in [-0.3, -0.25) is 19.6 Å². The van der Waals surface area contributed by atoms with Crippen LogP contribution in [-0.2, 0) is 9.59 Å². The summed E-state index contributed by atoms with van der Waals surface area (Å²) in [6.07, 6.45) is -1.20. The summed E-state index contributed by atoms with van der Waals surface area (Å²) in [6.45, 7) is 1.78. The minimum absolute atomic E-state index is 0.0452. The summed E-state index contributed by atoms with van der Waals surface area (Å²) in [5.41, 5.74) is 2.27. The highest BCUT2D eigenvalue weighted by atomic mass is 16.5. The summed E-state index contributed by atoms with van der Waals surface area (Å²) in [5.74, 6) is 9.40. The number of hydrogen-bond donors (Lipinski definition) is 5. The first kappa shape index (κ1) is 21.9. The van der Waals surface area contributed by atoms with Crippen molar-refractivity contribution in [2.45, 2.75) is 19.1 Å². The summed E-state index contributed by atoms with van der Waals surface area (Å²) < 4.78 is 0. The molecule has 29 heavy (non-hydrogen) atoms. The minimum atomic E-state index is -1.29. The van der Waals surface area contributed by atoms with Crippen LogP contribution in [0.15, 0.2) is 24.3 Å². The van der Waals surface area contributed by atoms with E-state index in [9.17, 15) is 19.5 Å². The lowest BCUT2D eigenvalue weighted by Gasteiger charge is -2.35. The molecule has 1 aromatic carbocycles. The van der Waals surface area contributed by atoms with E-state index in [0.29, 0.717) is 18.7 Å². The summed E-state index contributed by atoms with van der Waals surface area (Å²) in [6, 6.07) is 4.94. The lowest BCUT2D eigenvalue weighted by atomic mass is 10.0. The molecule has 2 atom stereocenters. The maximum absolute atomic E-state index is 12.2. The highest BCUT2D eigenvalue weighted by Crippen LogP contribution is 2.13. The zero-order valence-corrected chi connectivity index (χ0v) is 15.7. The van der Waals surface area contributed by atoms with Crippen LogP contribution in [0.3, 0.4) is 0 Å². The van der Waals surface area contributed by atoms with Crippen LogP contribution >= 0.6 is 0 Å². The van der Waals surface area contributed by atoms with Gasteiger partial charge in [0, 0.05) is 24.2 Å². The molecule has 1 fully saturated rings. The quantitative estimate of drug-likeness (QED) is 0.231. The van der Waals surface area contributed by atoms with Gasteiger partial charge in [-0.05, 0) is 43.0 Å². The van der Waals surface area contributed by atoms with Crippen LogP contribution in [0.5, 0.6) is 0 Å². The van der Waals surface area contributed by atoms with Crippen molar-refractivity contribution in [3.63, 3.8) is 0 Å². The summed E-state index contributed by atoms with van der Waals surface area (Å²) in [4.78, 5) is 36.4. The minimum Gasteiger partial charge on any atom is -0.391 e. The Morgan fingerprint density at radius 1 is 1.21 bits per heavy atom. The van der Waals surface area contributed by atoms with Gasteiger partial charge >= 0.3 is 0 Å². The molecule has 5 N–H and O–H groups in total. The Hall–Kier alpha value is -3.37. The average Bonchev–Trinajstić information content (AvgIpc) is 2.69. The van der Waals surface area contributed by atoms with E-state index >= 15 is 0 Å². The molecule has 3 amide bonds. The second-order valence-corrected chi connectivity index (χ2v) is 6.42. The van der Waals surface area contributed by atoms with Gasteiger partial charge in [0.1, 0.15) is 12.6 Å². The van der Waals surface area contributed by atoms with Crippen molar-refractivity contribution in [1.29, 1.82) is 0 Å². The number of carbonyl (C=O) groups is 3. The first-order valence-corrected chi connectivity index (χ1v) is 8.78. The summed E-state index contributed by atoms with van der Waals surface area (Å²) in [5, 5.41) is 29.3. The van der Waals surface area contributed by atoms with Gasteiger partial charge in [-0.1, -0.05) is 11.8 Å². The van der Waals surface area contributed by atoms with Gasteiger partial charge in [-0.2, -0.15) is 0 Å². The smallest absolute Gasteiger partial charge is 0.268 e. The number of rotatable bonds is 5. The van der Waals surface area contributed by atoms with E-state index in [0.717, 1.165) is 0 Å². The molecule has 0 bridgehead atoms. The molecular weight excluding hydrogens is 378 g/mol. The van der Waals surface area contributed by atoms with E-state index in [1.807, 2.05) is 0 Å². The van der Waals surface area contributed by atoms with E-state index in [4.69, 9.17) is 10.3 Å². The molecular formula is C20H21N3O6. The Balaban J connectivity index is 1.91. The normalized spacial score (nSPS) is 14.8. The van der Waals surface area contributed by atoms with Gasteiger partial charge < -0.3 is 20.4 Å². The Bertz CT molecular complexity index is 883. The molecule has 0 unspecified atom stereocenters. The van der Waals surface area contributed by atoms with Gasteiger partial charge in [-0.25, -0.2) is 5.48 Å². The molecule has 1 saturated heterocycles. The largest absolute Gasteiger partial charge is 0.391 e. The lowest BCUT2D eigenvalue weighted by Crippen LogP contribution is -2.51. The topological polar surface area (TPSA) is 139 Å². The van der Waals surface area contributed by atoms with Crippen molar-refractivity contribution < 1.29 is 29.8 Å². The highest BCUT2D eigenvalue weighted by molar-refractivity contribution is 5.97. The second-order valence-electron chi connectivity index (χ2n) is 6.42. The van der Waals surface area contributed by atoms with Crippen LogP contribution in [0.1, 0.15) is 22.8 Å². The van der Waals surface area contributed by atoms with Crippen molar-refractivity contribution >= 4 is 17.7 Å². The number of amides is 3. The predicted octanol–water partition coefficient (Wildman–Crippen LogP) is -1.52. The van der Waals surface area contributed by atoms with E-state index in [-0.39, 0.29) is 17.4 Å². The molecule has 0 aromatic heterocycles. The Morgan fingerprint density at radius 3 is 2.41 bits per heavy atom. The Kier molecular flexibility index (Phi) is 7.75. The van der Waals surface area contributed by atoms with Crippen molar-refractivity contribution in [2.75, 3.05) is 19.7 Å². The van der Waals surface area contributed by atoms with E-state index < -0.39 is 30.6 Å². The Labute approximate surface area is 167 Å². The number of aliphatic hydroxyl groups excluding tert-OH is 2. The third-order valence-corrected chi connectivity index (χ3v) is 4.22. The number of carbonyl (C=O) groups excluding carboxylic acids is 3. The third kappa shape index (κ3) is 6.06. The SMILES string of the molecule is C[C@@H](O)[C@H](NC(=O)c1ccc(C#CC#CC2CN(C(=O)CO)C2)cc1)C(=O)NO. The molecule has 0 radical (unpaired) electrons. The van der Waals surface area contributed by atoms with E-state index in [2.05, 4.69) is 29.0 Å². The zero-order valence-electron chi connectivity index (χ0n) is 15.7. The van der Waals surface area contributed by atoms with Crippen LogP contribution in [0.2, 0.25) is 0 Å². The lowest BCUT2D eigenvalue weighted by molar-refractivity contribution is -0.139. The summed E-state index contributed by atoms with van der Waals surface area (Å²) >= 11 is 0. The number of nitrogens with one attached hydrogen (secondary N) is 2. The van der Waals surface area contributed by atoms with E-state index in [1.54, 1.807) is 12.1 Å². The number of hydroxylamine groups is 1. The fourth-order valence-electron chi connectivity index (χ4n) is 2.52. The molecule has 0 saturated carbocycles. The van der Waals surface area contributed by atoms with Crippen LogP contribution in [0.4, 0.5) is 0 Å². The fraction of sp³-hybridized carbons (Fsp3) is 0.350. The van der Waals surface area contributed by atoms with Crippen LogP contribution < -0.4 is 10.8 Å². The van der Waals surface area contributed by atoms with Crippen molar-refractivity contribution in [3.05, 3.63) is 35.4 Å². The molecule has 0 aliphatic carbocycles. The standard InChI is InChI=1S/C20H21N3O6/c1-13(25)18(20(28)22-29)21-19(27)16-8-6-14(7-9-16)4-2-3-5-15-10-23(11-15)17(26)12-24/h6-9,13,15,18,24-25,29H,10-12H2,1H3,(H,21,27)(H,22,28)/t13-,18+/m1/s1. The van der Waals surface area contributed by atoms with Crippen LogP contribution in [0, 0.1) is 29.6 Å². The van der Waals surface area contributed by atoms with Crippen molar-refractivity contribution in [1.82, 2.24) is 15.7 Å². The highest BCUT2D eigenvalue weighted by Gasteiger charge is 2.28. The molecule has 0 spiro atoms. The van der Waals surface area contributed by atoms with Gasteiger partial charge in [0.2, 0.25) is 5.91 Å². The van der Waals surface area contributed by atoms with Crippen molar-refractivity contribution in [3.8, 4) is 23.7 Å². The maximum Gasteiger partial charge on any atom is 0.268 e. The second kappa shape index (κ2) is 10.2. The monoisotopic (exact) mass is 399 g/mol. The number of aliphatic hydroxyl groups is 2. The van der Waals surface area contributed by atoms with E-state index in [1.165, 1.54) is 29.4 Å². The summed E-state index contributed by atoms with van der Waals surface area (Å²) in [7, 11) is 0. The Morgan fingerprint density at radius 2 is 1.86 bits per heavy atom. The van der Waals surface area contributed by atoms with Gasteiger partial charge in [0.05, 0.1) is 12.0 Å². The molecule has 1 heterocycles. The molecule has 1 aliphatic heterocycles. The first-order chi connectivity index (χ1) is 13.8. The number of benzene rings is 1.